The number of ether oxygens (including phenoxy) is 1. The average molecular weight is 259 g/mol. The summed E-state index contributed by atoms with van der Waals surface area (Å²) < 4.78 is 5.34. The van der Waals surface area contributed by atoms with Gasteiger partial charge in [0.15, 0.2) is 5.29 Å². The number of carbonyl (C=O) groups excluding carboxylic acids is 1. The number of hydrogen-bond donors (Lipinski definition) is 2. The van der Waals surface area contributed by atoms with Crippen molar-refractivity contribution in [3.05, 3.63) is 0 Å². The summed E-state index contributed by atoms with van der Waals surface area (Å²) in [7, 11) is 0. The predicted octanol–water partition coefficient (Wildman–Crippen LogP) is -0.122. The maximum absolute atomic E-state index is 11.6. The highest BCUT2D eigenvalue weighted by molar-refractivity contribution is 6.66. The van der Waals surface area contributed by atoms with Crippen LogP contribution in [0.5, 0.6) is 0 Å². The Morgan fingerprint density at radius 2 is 2.24 bits per heavy atom. The highest BCUT2D eigenvalue weighted by Crippen LogP contribution is 2.02. The van der Waals surface area contributed by atoms with E-state index in [1.165, 1.54) is 0 Å². The van der Waals surface area contributed by atoms with Gasteiger partial charge in [0.2, 0.25) is 5.91 Å². The van der Waals surface area contributed by atoms with E-state index < -0.39 is 0 Å². The minimum Gasteiger partial charge on any atom is -0.380 e. The second-order valence-corrected chi connectivity index (χ2v) is 4.22. The quantitative estimate of drug-likeness (QED) is 0.595. The van der Waals surface area contributed by atoms with Gasteiger partial charge in [-0.2, -0.15) is 0 Å². The summed E-state index contributed by atoms with van der Waals surface area (Å²) in [6.45, 7) is 2.13. The van der Waals surface area contributed by atoms with E-state index in [0.29, 0.717) is 43.9 Å². The van der Waals surface area contributed by atoms with Gasteiger partial charge in [0, 0.05) is 13.0 Å². The van der Waals surface area contributed by atoms with E-state index in [1.807, 2.05) is 0 Å². The maximum Gasteiger partial charge on any atom is 0.220 e. The Labute approximate surface area is 104 Å². The van der Waals surface area contributed by atoms with Crippen molar-refractivity contribution in [3.63, 3.8) is 0 Å². The van der Waals surface area contributed by atoms with Crippen LogP contribution in [0.15, 0.2) is 9.98 Å². The highest BCUT2D eigenvalue weighted by Gasteiger charge is 2.23. The lowest BCUT2D eigenvalue weighted by molar-refractivity contribution is -0.121. The third-order valence-corrected chi connectivity index (χ3v) is 2.73. The molecule has 7 heteroatoms. The third kappa shape index (κ3) is 3.67. The number of carbonyl (C=O) groups is 1. The van der Waals surface area contributed by atoms with Crippen molar-refractivity contribution < 1.29 is 9.53 Å². The van der Waals surface area contributed by atoms with Gasteiger partial charge in [-0.3, -0.25) is 14.8 Å². The average Bonchev–Trinajstić information content (AvgIpc) is 2.34. The summed E-state index contributed by atoms with van der Waals surface area (Å²) >= 11 is 5.79. The zero-order valence-corrected chi connectivity index (χ0v) is 10.2. The SMILES string of the molecule is O=C1CCCOCCN=C2NC(Cl)=NCC2N1. The first-order valence-electron chi connectivity index (χ1n) is 5.64. The van der Waals surface area contributed by atoms with Crippen molar-refractivity contribution >= 4 is 28.6 Å². The Hall–Kier alpha value is -1.14. The van der Waals surface area contributed by atoms with E-state index in [4.69, 9.17) is 16.3 Å². The van der Waals surface area contributed by atoms with Crippen molar-refractivity contribution in [2.24, 2.45) is 9.98 Å². The summed E-state index contributed by atoms with van der Waals surface area (Å²) in [5, 5.41) is 6.06. The lowest BCUT2D eigenvalue weighted by Crippen LogP contribution is -2.52. The number of halogens is 1. The Balaban J connectivity index is 2.09. The summed E-state index contributed by atoms with van der Waals surface area (Å²) in [5.74, 6) is 0.645. The van der Waals surface area contributed by atoms with Crippen molar-refractivity contribution in [3.8, 4) is 0 Å². The van der Waals surface area contributed by atoms with Gasteiger partial charge in [-0.1, -0.05) is 0 Å². The molecule has 6 nitrogen and oxygen atoms in total. The molecule has 2 N–H and O–H groups in total. The van der Waals surface area contributed by atoms with Crippen molar-refractivity contribution in [2.45, 2.75) is 18.9 Å². The first-order chi connectivity index (χ1) is 8.25. The van der Waals surface area contributed by atoms with Crippen LogP contribution in [0.1, 0.15) is 12.8 Å². The topological polar surface area (TPSA) is 75.1 Å². The van der Waals surface area contributed by atoms with Gasteiger partial charge in [0.05, 0.1) is 19.7 Å². The van der Waals surface area contributed by atoms with Crippen LogP contribution in [0.3, 0.4) is 0 Å². The molecule has 2 aliphatic rings. The van der Waals surface area contributed by atoms with E-state index in [2.05, 4.69) is 20.6 Å². The van der Waals surface area contributed by atoms with Gasteiger partial charge in [0.25, 0.3) is 0 Å². The molecule has 0 aromatic carbocycles. The Morgan fingerprint density at radius 1 is 1.35 bits per heavy atom. The second-order valence-electron chi connectivity index (χ2n) is 3.86. The van der Waals surface area contributed by atoms with Crippen LogP contribution in [0.2, 0.25) is 0 Å². The number of nitrogens with zero attached hydrogens (tertiary/aromatic N) is 2. The van der Waals surface area contributed by atoms with Gasteiger partial charge in [-0.15, -0.1) is 0 Å². The maximum atomic E-state index is 11.6. The van der Waals surface area contributed by atoms with Gasteiger partial charge in [-0.25, -0.2) is 0 Å². The van der Waals surface area contributed by atoms with Crippen LogP contribution in [-0.4, -0.2) is 49.4 Å². The van der Waals surface area contributed by atoms with Gasteiger partial charge < -0.3 is 15.4 Å². The zero-order chi connectivity index (χ0) is 12.1. The first-order valence-corrected chi connectivity index (χ1v) is 6.02. The van der Waals surface area contributed by atoms with Crippen LogP contribution >= 0.6 is 11.6 Å². The molecule has 1 unspecified atom stereocenters. The molecule has 2 aliphatic heterocycles. The van der Waals surface area contributed by atoms with Crippen molar-refractivity contribution in [2.75, 3.05) is 26.3 Å². The highest BCUT2D eigenvalue weighted by atomic mass is 35.5. The van der Waals surface area contributed by atoms with E-state index >= 15 is 0 Å². The van der Waals surface area contributed by atoms with Crippen LogP contribution in [0, 0.1) is 0 Å². The smallest absolute Gasteiger partial charge is 0.220 e. The minimum atomic E-state index is -0.205. The van der Waals surface area contributed by atoms with Crippen molar-refractivity contribution in [1.29, 1.82) is 0 Å². The van der Waals surface area contributed by atoms with Crippen LogP contribution in [0.25, 0.3) is 0 Å². The number of fused-ring (bicyclic) bond motifs is 1. The van der Waals surface area contributed by atoms with Gasteiger partial charge in [-0.05, 0) is 18.0 Å². The first kappa shape index (κ1) is 12.3. The number of hydrogen-bond acceptors (Lipinski definition) is 5. The summed E-state index contributed by atoms with van der Waals surface area (Å²) in [6.07, 6.45) is 1.19. The third-order valence-electron chi connectivity index (χ3n) is 2.52. The molecular weight excluding hydrogens is 244 g/mol. The molecule has 2 heterocycles. The molecule has 0 aromatic rings. The van der Waals surface area contributed by atoms with Gasteiger partial charge in [0.1, 0.15) is 11.9 Å². The number of amides is 1. The molecule has 0 aromatic heterocycles. The molecule has 0 fully saturated rings. The molecule has 1 amide bonds. The molecule has 94 valence electrons. The van der Waals surface area contributed by atoms with Crippen LogP contribution in [-0.2, 0) is 9.53 Å². The fourth-order valence-electron chi connectivity index (χ4n) is 1.69. The van der Waals surface area contributed by atoms with Crippen LogP contribution < -0.4 is 10.6 Å². The molecule has 0 spiro atoms. The van der Waals surface area contributed by atoms with E-state index in [-0.39, 0.29) is 11.9 Å². The Kier molecular flexibility index (Phi) is 4.33. The number of amidine groups is 2. The fourth-order valence-corrected chi connectivity index (χ4v) is 1.85. The number of rotatable bonds is 0. The zero-order valence-electron chi connectivity index (χ0n) is 9.41. The van der Waals surface area contributed by atoms with E-state index in [9.17, 15) is 4.79 Å². The van der Waals surface area contributed by atoms with Gasteiger partial charge >= 0.3 is 0 Å². The molecule has 2 rings (SSSR count). The number of nitrogens with one attached hydrogen (secondary N) is 2. The molecular formula is C10H15ClN4O2. The molecule has 0 saturated carbocycles. The Morgan fingerprint density at radius 3 is 3.12 bits per heavy atom. The molecule has 0 aliphatic carbocycles. The second kappa shape index (κ2) is 5.97. The van der Waals surface area contributed by atoms with Crippen molar-refractivity contribution in [1.82, 2.24) is 10.6 Å². The molecule has 0 radical (unpaired) electrons. The molecule has 0 saturated heterocycles. The summed E-state index contributed by atoms with van der Waals surface area (Å²) in [6, 6.07) is -0.205. The fraction of sp³-hybridized carbons (Fsp3) is 0.700. The lowest BCUT2D eigenvalue weighted by Gasteiger charge is -2.23. The summed E-state index contributed by atoms with van der Waals surface area (Å²) in [5.41, 5.74) is 0. The van der Waals surface area contributed by atoms with E-state index in [1.54, 1.807) is 0 Å². The minimum absolute atomic E-state index is 0.0109. The largest absolute Gasteiger partial charge is 0.380 e. The molecule has 17 heavy (non-hydrogen) atoms. The summed E-state index contributed by atoms with van der Waals surface area (Å²) in [4.78, 5) is 20.0. The normalized spacial score (nSPS) is 26.6. The predicted molar refractivity (Wildman–Crippen MR) is 65.6 cm³/mol. The molecule has 1 atom stereocenters. The standard InChI is InChI=1S/C10H15ClN4O2/c11-10-13-6-7-9(15-10)12-3-5-17-4-1-2-8(16)14-7/h7H,1-6H2,(H,14,16)(H,12,13,15). The van der Waals surface area contributed by atoms with Crippen LogP contribution in [0.4, 0.5) is 0 Å². The molecule has 0 bridgehead atoms. The monoisotopic (exact) mass is 258 g/mol. The number of aliphatic imine (C=N–C) groups is 2. The Bertz CT molecular complexity index is 356. The van der Waals surface area contributed by atoms with E-state index in [0.717, 1.165) is 6.42 Å². The lowest BCUT2D eigenvalue weighted by atomic mass is 10.2.